The maximum Gasteiger partial charge on any atom is 0.338 e. The van der Waals surface area contributed by atoms with E-state index in [1.165, 1.54) is 31.4 Å². The summed E-state index contributed by atoms with van der Waals surface area (Å²) in [5, 5.41) is 2.60. The molecular weight excluding hydrogens is 398 g/mol. The van der Waals surface area contributed by atoms with Gasteiger partial charge in [-0.3, -0.25) is 4.79 Å². The molecule has 0 unspecified atom stereocenters. The summed E-state index contributed by atoms with van der Waals surface area (Å²) in [6.45, 7) is -0.248. The minimum absolute atomic E-state index is 0.120. The van der Waals surface area contributed by atoms with E-state index >= 15 is 0 Å². The summed E-state index contributed by atoms with van der Waals surface area (Å²) >= 11 is 0. The van der Waals surface area contributed by atoms with Gasteiger partial charge < -0.3 is 14.8 Å². The molecule has 1 N–H and O–H groups in total. The first-order valence-electron chi connectivity index (χ1n) is 8.55. The first-order valence-corrected chi connectivity index (χ1v) is 10.6. The molecule has 0 saturated heterocycles. The number of benzene rings is 2. The Morgan fingerprint density at radius 3 is 1.90 bits per heavy atom. The summed E-state index contributed by atoms with van der Waals surface area (Å²) < 4.78 is 32.1. The van der Waals surface area contributed by atoms with Crippen LogP contribution in [0.4, 0.5) is 0 Å². The molecule has 2 aromatic rings. The molecule has 2 aromatic carbocycles. The van der Waals surface area contributed by atoms with Crippen LogP contribution in [0.25, 0.3) is 0 Å². The minimum atomic E-state index is -3.16. The molecule has 0 radical (unpaired) electrons. The Morgan fingerprint density at radius 1 is 0.862 bits per heavy atom. The summed E-state index contributed by atoms with van der Waals surface area (Å²) in [6.07, 6.45) is 1.13. The standard InChI is InChI=1S/C20H21NO7S/c1-27-19(23)16-7-3-14(4-8-16)11-21-18(22)12-28-20(24)17-9-5-15(6-10-17)13-29(2,25)26/h3-10H,11-13H2,1-2H3,(H,21,22). The second-order valence-corrected chi connectivity index (χ2v) is 8.45. The van der Waals surface area contributed by atoms with E-state index in [0.717, 1.165) is 11.8 Å². The fourth-order valence-corrected chi connectivity index (χ4v) is 3.18. The van der Waals surface area contributed by atoms with Crippen molar-refractivity contribution in [3.8, 4) is 0 Å². The van der Waals surface area contributed by atoms with Crippen LogP contribution < -0.4 is 5.32 Å². The zero-order valence-electron chi connectivity index (χ0n) is 16.0. The topological polar surface area (TPSA) is 116 Å². The van der Waals surface area contributed by atoms with Crippen molar-refractivity contribution < 1.29 is 32.3 Å². The van der Waals surface area contributed by atoms with E-state index in [9.17, 15) is 22.8 Å². The molecule has 0 saturated carbocycles. The van der Waals surface area contributed by atoms with Crippen LogP contribution in [-0.2, 0) is 36.4 Å². The highest BCUT2D eigenvalue weighted by Crippen LogP contribution is 2.09. The molecule has 8 nitrogen and oxygen atoms in total. The molecule has 0 aliphatic carbocycles. The Balaban J connectivity index is 1.79. The minimum Gasteiger partial charge on any atom is -0.465 e. The lowest BCUT2D eigenvalue weighted by Crippen LogP contribution is -2.28. The van der Waals surface area contributed by atoms with Crippen molar-refractivity contribution in [2.75, 3.05) is 20.0 Å². The number of amides is 1. The molecule has 154 valence electrons. The smallest absolute Gasteiger partial charge is 0.338 e. The lowest BCUT2D eigenvalue weighted by Gasteiger charge is -2.08. The van der Waals surface area contributed by atoms with E-state index in [1.54, 1.807) is 24.3 Å². The molecular formula is C20H21NO7S. The summed E-state index contributed by atoms with van der Waals surface area (Å²) in [5.74, 6) is -1.74. The van der Waals surface area contributed by atoms with Gasteiger partial charge in [-0.2, -0.15) is 0 Å². The van der Waals surface area contributed by atoms with Crippen LogP contribution >= 0.6 is 0 Å². The summed E-state index contributed by atoms with van der Waals surface area (Å²) in [7, 11) is -1.87. The Hall–Kier alpha value is -3.20. The van der Waals surface area contributed by atoms with E-state index in [0.29, 0.717) is 11.1 Å². The highest BCUT2D eigenvalue weighted by atomic mass is 32.2. The molecule has 1 amide bonds. The van der Waals surface area contributed by atoms with Gasteiger partial charge in [0.15, 0.2) is 16.4 Å². The Morgan fingerprint density at radius 2 is 1.38 bits per heavy atom. The van der Waals surface area contributed by atoms with Crippen LogP contribution in [0.5, 0.6) is 0 Å². The van der Waals surface area contributed by atoms with Gasteiger partial charge in [0.2, 0.25) is 0 Å². The van der Waals surface area contributed by atoms with Crippen molar-refractivity contribution in [1.82, 2.24) is 5.32 Å². The number of carbonyl (C=O) groups is 3. The predicted molar refractivity (Wildman–Crippen MR) is 105 cm³/mol. The third-order valence-corrected chi connectivity index (χ3v) is 4.68. The maximum atomic E-state index is 12.0. The Bertz CT molecular complexity index is 980. The zero-order chi connectivity index (χ0) is 21.4. The van der Waals surface area contributed by atoms with Crippen LogP contribution in [0.2, 0.25) is 0 Å². The van der Waals surface area contributed by atoms with Crippen molar-refractivity contribution in [1.29, 1.82) is 0 Å². The van der Waals surface area contributed by atoms with E-state index in [-0.39, 0.29) is 17.9 Å². The van der Waals surface area contributed by atoms with Crippen molar-refractivity contribution in [3.05, 3.63) is 70.8 Å². The van der Waals surface area contributed by atoms with Gasteiger partial charge in [0.1, 0.15) is 0 Å². The van der Waals surface area contributed by atoms with E-state index < -0.39 is 34.3 Å². The largest absolute Gasteiger partial charge is 0.465 e. The first-order chi connectivity index (χ1) is 13.7. The SMILES string of the molecule is COC(=O)c1ccc(CNC(=O)COC(=O)c2ccc(CS(C)(=O)=O)cc2)cc1. The molecule has 9 heteroatoms. The van der Waals surface area contributed by atoms with Gasteiger partial charge in [-0.1, -0.05) is 24.3 Å². The number of ether oxygens (including phenoxy) is 2. The van der Waals surface area contributed by atoms with Crippen molar-refractivity contribution in [2.45, 2.75) is 12.3 Å². The number of esters is 2. The van der Waals surface area contributed by atoms with Gasteiger partial charge in [-0.15, -0.1) is 0 Å². The third-order valence-electron chi connectivity index (χ3n) is 3.82. The van der Waals surface area contributed by atoms with Gasteiger partial charge in [0, 0.05) is 12.8 Å². The number of sulfone groups is 1. The quantitative estimate of drug-likeness (QED) is 0.645. The van der Waals surface area contributed by atoms with Crippen LogP contribution in [0.1, 0.15) is 31.8 Å². The highest BCUT2D eigenvalue weighted by Gasteiger charge is 2.12. The lowest BCUT2D eigenvalue weighted by molar-refractivity contribution is -0.124. The molecule has 0 aromatic heterocycles. The number of hydrogen-bond donors (Lipinski definition) is 1. The van der Waals surface area contributed by atoms with Gasteiger partial charge >= 0.3 is 11.9 Å². The summed E-state index contributed by atoms with van der Waals surface area (Å²) in [4.78, 5) is 35.2. The van der Waals surface area contributed by atoms with Crippen molar-refractivity contribution >= 4 is 27.7 Å². The average Bonchev–Trinajstić information content (AvgIpc) is 2.69. The Labute approximate surface area is 168 Å². The third kappa shape index (κ3) is 7.38. The second kappa shape index (κ2) is 9.83. The molecule has 0 atom stereocenters. The van der Waals surface area contributed by atoms with Crippen LogP contribution in [0.15, 0.2) is 48.5 Å². The van der Waals surface area contributed by atoms with Crippen LogP contribution in [0.3, 0.4) is 0 Å². The molecule has 0 aliphatic rings. The monoisotopic (exact) mass is 419 g/mol. The van der Waals surface area contributed by atoms with Crippen LogP contribution in [0, 0.1) is 0 Å². The normalized spacial score (nSPS) is 10.8. The van der Waals surface area contributed by atoms with Gasteiger partial charge in [0.05, 0.1) is 24.0 Å². The van der Waals surface area contributed by atoms with E-state index in [2.05, 4.69) is 10.1 Å². The van der Waals surface area contributed by atoms with Gasteiger partial charge in [0.25, 0.3) is 5.91 Å². The number of rotatable bonds is 8. The number of carbonyl (C=O) groups excluding carboxylic acids is 3. The zero-order valence-corrected chi connectivity index (χ0v) is 16.8. The highest BCUT2D eigenvalue weighted by molar-refractivity contribution is 7.89. The molecule has 0 spiro atoms. The van der Waals surface area contributed by atoms with E-state index in [4.69, 9.17) is 4.74 Å². The van der Waals surface area contributed by atoms with Crippen molar-refractivity contribution in [2.24, 2.45) is 0 Å². The molecule has 0 bridgehead atoms. The van der Waals surface area contributed by atoms with Gasteiger partial charge in [-0.05, 0) is 35.4 Å². The molecule has 0 fully saturated rings. The fraction of sp³-hybridized carbons (Fsp3) is 0.250. The lowest BCUT2D eigenvalue weighted by atomic mass is 10.1. The molecule has 2 rings (SSSR count). The van der Waals surface area contributed by atoms with E-state index in [1.807, 2.05) is 0 Å². The Kier molecular flexibility index (Phi) is 7.49. The first kappa shape index (κ1) is 22.1. The fourth-order valence-electron chi connectivity index (χ4n) is 2.38. The van der Waals surface area contributed by atoms with Crippen LogP contribution in [-0.4, -0.2) is 46.2 Å². The summed E-state index contributed by atoms with van der Waals surface area (Å²) in [5.41, 5.74) is 1.94. The number of hydrogen-bond acceptors (Lipinski definition) is 7. The molecule has 0 aliphatic heterocycles. The summed E-state index contributed by atoms with van der Waals surface area (Å²) in [6, 6.07) is 12.5. The van der Waals surface area contributed by atoms with Crippen molar-refractivity contribution in [3.63, 3.8) is 0 Å². The maximum absolute atomic E-state index is 12.0. The average molecular weight is 419 g/mol. The number of nitrogens with one attached hydrogen (secondary N) is 1. The molecule has 29 heavy (non-hydrogen) atoms. The molecule has 0 heterocycles. The second-order valence-electron chi connectivity index (χ2n) is 6.31. The predicted octanol–water partition coefficient (Wildman–Crippen LogP) is 1.49. The number of methoxy groups -OCH3 is 1. The van der Waals surface area contributed by atoms with Gasteiger partial charge in [-0.25, -0.2) is 18.0 Å².